The minimum absolute atomic E-state index is 0.426. The highest BCUT2D eigenvalue weighted by atomic mass is 79.9. The molecule has 6 nitrogen and oxygen atoms in total. The fourth-order valence-electron chi connectivity index (χ4n) is 2.90. The van der Waals surface area contributed by atoms with Gasteiger partial charge in [-0.25, -0.2) is 0 Å². The lowest BCUT2D eigenvalue weighted by atomic mass is 10.1. The van der Waals surface area contributed by atoms with E-state index in [1.165, 1.54) is 0 Å². The van der Waals surface area contributed by atoms with Crippen molar-refractivity contribution < 1.29 is 9.47 Å². The predicted molar refractivity (Wildman–Crippen MR) is 114 cm³/mol. The van der Waals surface area contributed by atoms with Crippen LogP contribution in [0.3, 0.4) is 0 Å². The quantitative estimate of drug-likeness (QED) is 0.519. The Labute approximate surface area is 176 Å². The zero-order chi connectivity index (χ0) is 19.5. The maximum Gasteiger partial charge on any atom is 0.247 e. The number of aromatic nitrogens is 3. The van der Waals surface area contributed by atoms with Gasteiger partial charge in [0.15, 0.2) is 11.9 Å². The molecule has 0 radical (unpaired) electrons. The SMILES string of the molecule is CCCSc1nnc2c(n1)OC(c1ccc(OC)c(Br)c1)Nc1ccccc1-2. The molecular formula is C20H19BrN4O2S. The molecule has 1 N–H and O–H groups in total. The first kappa shape index (κ1) is 19.0. The third-order valence-electron chi connectivity index (χ3n) is 4.25. The number of para-hydroxylation sites is 1. The third kappa shape index (κ3) is 3.79. The van der Waals surface area contributed by atoms with Crippen molar-refractivity contribution in [2.24, 2.45) is 0 Å². The first-order valence-corrected chi connectivity index (χ1v) is 10.7. The third-order valence-corrected chi connectivity index (χ3v) is 5.91. The van der Waals surface area contributed by atoms with Crippen molar-refractivity contribution in [2.45, 2.75) is 24.7 Å². The maximum absolute atomic E-state index is 6.27. The summed E-state index contributed by atoms with van der Waals surface area (Å²) in [6.07, 6.45) is 0.615. The standard InChI is InChI=1S/C20H19BrN4O2S/c1-3-10-28-20-23-19-17(24-25-20)13-6-4-5-7-15(13)22-18(27-19)12-8-9-16(26-2)14(21)11-12/h4-9,11,18,22H,3,10H2,1-2H3. The van der Waals surface area contributed by atoms with E-state index in [2.05, 4.69) is 43.4 Å². The minimum Gasteiger partial charge on any atom is -0.496 e. The number of ether oxygens (including phenoxy) is 2. The number of hydrogen-bond donors (Lipinski definition) is 1. The number of methoxy groups -OCH3 is 1. The number of anilines is 1. The molecule has 1 aliphatic heterocycles. The molecular weight excluding hydrogens is 440 g/mol. The summed E-state index contributed by atoms with van der Waals surface area (Å²) >= 11 is 5.12. The summed E-state index contributed by atoms with van der Waals surface area (Å²) in [5.41, 5.74) is 3.42. The number of thioether (sulfide) groups is 1. The van der Waals surface area contributed by atoms with Crippen LogP contribution in [0.2, 0.25) is 0 Å². The Morgan fingerprint density at radius 3 is 2.86 bits per heavy atom. The number of nitrogens with one attached hydrogen (secondary N) is 1. The Hall–Kier alpha value is -2.32. The molecule has 4 rings (SSSR count). The fraction of sp³-hybridized carbons (Fsp3) is 0.250. The van der Waals surface area contributed by atoms with Crippen LogP contribution in [0.25, 0.3) is 11.3 Å². The molecule has 2 aromatic carbocycles. The monoisotopic (exact) mass is 458 g/mol. The van der Waals surface area contributed by atoms with E-state index in [1.807, 2.05) is 42.5 Å². The van der Waals surface area contributed by atoms with E-state index in [0.717, 1.165) is 39.2 Å². The van der Waals surface area contributed by atoms with Gasteiger partial charge in [-0.3, -0.25) is 0 Å². The highest BCUT2D eigenvalue weighted by Crippen LogP contribution is 2.40. The highest BCUT2D eigenvalue weighted by molar-refractivity contribution is 9.10. The van der Waals surface area contributed by atoms with Crippen LogP contribution in [0.5, 0.6) is 11.6 Å². The van der Waals surface area contributed by atoms with Crippen LogP contribution >= 0.6 is 27.7 Å². The van der Waals surface area contributed by atoms with E-state index in [-0.39, 0.29) is 0 Å². The summed E-state index contributed by atoms with van der Waals surface area (Å²) in [5.74, 6) is 2.17. The number of halogens is 1. The van der Waals surface area contributed by atoms with Gasteiger partial charge in [0.25, 0.3) is 0 Å². The number of nitrogens with zero attached hydrogens (tertiary/aromatic N) is 3. The van der Waals surface area contributed by atoms with Gasteiger partial charge in [-0.2, -0.15) is 4.98 Å². The molecule has 0 spiro atoms. The summed E-state index contributed by atoms with van der Waals surface area (Å²) in [4.78, 5) is 4.63. The Morgan fingerprint density at radius 2 is 2.07 bits per heavy atom. The van der Waals surface area contributed by atoms with E-state index in [1.54, 1.807) is 18.9 Å². The van der Waals surface area contributed by atoms with Crippen LogP contribution in [0.4, 0.5) is 5.69 Å². The maximum atomic E-state index is 6.27. The minimum atomic E-state index is -0.426. The summed E-state index contributed by atoms with van der Waals surface area (Å²) < 4.78 is 12.5. The van der Waals surface area contributed by atoms with Crippen molar-refractivity contribution in [1.82, 2.24) is 15.2 Å². The van der Waals surface area contributed by atoms with Gasteiger partial charge in [0.05, 0.1) is 11.6 Å². The highest BCUT2D eigenvalue weighted by Gasteiger charge is 2.26. The Morgan fingerprint density at radius 1 is 1.21 bits per heavy atom. The molecule has 2 heterocycles. The van der Waals surface area contributed by atoms with Crippen LogP contribution in [0, 0.1) is 0 Å². The van der Waals surface area contributed by atoms with E-state index in [4.69, 9.17) is 9.47 Å². The van der Waals surface area contributed by atoms with Crippen molar-refractivity contribution in [1.29, 1.82) is 0 Å². The number of fused-ring (bicyclic) bond motifs is 3. The van der Waals surface area contributed by atoms with E-state index >= 15 is 0 Å². The van der Waals surface area contributed by atoms with Gasteiger partial charge in [0, 0.05) is 22.6 Å². The Kier molecular flexibility index (Phi) is 5.68. The van der Waals surface area contributed by atoms with Gasteiger partial charge in [-0.05, 0) is 46.6 Å². The molecule has 0 saturated heterocycles. The fourth-order valence-corrected chi connectivity index (χ4v) is 4.09. The van der Waals surface area contributed by atoms with Crippen molar-refractivity contribution in [3.63, 3.8) is 0 Å². The van der Waals surface area contributed by atoms with E-state index in [9.17, 15) is 0 Å². The molecule has 1 atom stereocenters. The van der Waals surface area contributed by atoms with Crippen LogP contribution in [-0.2, 0) is 0 Å². The van der Waals surface area contributed by atoms with Crippen LogP contribution in [0.15, 0.2) is 52.1 Å². The van der Waals surface area contributed by atoms with Crippen LogP contribution in [0.1, 0.15) is 25.1 Å². The van der Waals surface area contributed by atoms with Crippen molar-refractivity contribution in [2.75, 3.05) is 18.2 Å². The molecule has 0 bridgehead atoms. The summed E-state index contributed by atoms with van der Waals surface area (Å²) in [7, 11) is 1.64. The van der Waals surface area contributed by atoms with Crippen molar-refractivity contribution in [3.8, 4) is 22.9 Å². The summed E-state index contributed by atoms with van der Waals surface area (Å²) in [5, 5.41) is 12.8. The summed E-state index contributed by atoms with van der Waals surface area (Å²) in [6, 6.07) is 13.8. The van der Waals surface area contributed by atoms with Crippen molar-refractivity contribution >= 4 is 33.4 Å². The lowest BCUT2D eigenvalue weighted by molar-refractivity contribution is 0.225. The summed E-state index contributed by atoms with van der Waals surface area (Å²) in [6.45, 7) is 2.12. The second-order valence-corrected chi connectivity index (χ2v) is 8.09. The Balaban J connectivity index is 1.77. The average Bonchev–Trinajstić information content (AvgIpc) is 2.88. The second-order valence-electron chi connectivity index (χ2n) is 6.18. The predicted octanol–water partition coefficient (Wildman–Crippen LogP) is 5.31. The molecule has 3 aromatic rings. The molecule has 1 aliphatic rings. The lowest BCUT2D eigenvalue weighted by Gasteiger charge is -2.20. The van der Waals surface area contributed by atoms with Crippen molar-refractivity contribution in [3.05, 3.63) is 52.5 Å². The molecule has 0 saturated carbocycles. The molecule has 28 heavy (non-hydrogen) atoms. The van der Waals surface area contributed by atoms with Gasteiger partial charge in [0.1, 0.15) is 5.75 Å². The van der Waals surface area contributed by atoms with Gasteiger partial charge < -0.3 is 14.8 Å². The average molecular weight is 459 g/mol. The smallest absolute Gasteiger partial charge is 0.247 e. The lowest BCUT2D eigenvalue weighted by Crippen LogP contribution is -2.17. The zero-order valence-corrected chi connectivity index (χ0v) is 17.9. The van der Waals surface area contributed by atoms with Gasteiger partial charge in [-0.15, -0.1) is 10.2 Å². The number of benzene rings is 2. The van der Waals surface area contributed by atoms with E-state index < -0.39 is 6.23 Å². The molecule has 0 fully saturated rings. The molecule has 1 aromatic heterocycles. The van der Waals surface area contributed by atoms with Crippen LogP contribution < -0.4 is 14.8 Å². The molecule has 0 amide bonds. The molecule has 144 valence electrons. The normalized spacial score (nSPS) is 14.9. The topological polar surface area (TPSA) is 69.2 Å². The van der Waals surface area contributed by atoms with Gasteiger partial charge >= 0.3 is 0 Å². The largest absolute Gasteiger partial charge is 0.496 e. The first-order valence-electron chi connectivity index (χ1n) is 8.93. The first-order chi connectivity index (χ1) is 13.7. The zero-order valence-electron chi connectivity index (χ0n) is 15.5. The number of hydrogen-bond acceptors (Lipinski definition) is 7. The molecule has 8 heteroatoms. The molecule has 1 unspecified atom stereocenters. The van der Waals surface area contributed by atoms with Gasteiger partial charge in [-0.1, -0.05) is 36.9 Å². The Bertz CT molecular complexity index is 1000. The van der Waals surface area contributed by atoms with E-state index in [0.29, 0.717) is 16.7 Å². The second kappa shape index (κ2) is 8.36. The number of rotatable bonds is 5. The van der Waals surface area contributed by atoms with Crippen LogP contribution in [-0.4, -0.2) is 28.0 Å². The molecule has 0 aliphatic carbocycles. The van der Waals surface area contributed by atoms with Gasteiger partial charge in [0.2, 0.25) is 11.0 Å².